The third kappa shape index (κ3) is 2.62. The molecule has 2 heterocycles. The van der Waals surface area contributed by atoms with Gasteiger partial charge >= 0.3 is 0 Å². The van der Waals surface area contributed by atoms with Gasteiger partial charge in [-0.3, -0.25) is 4.79 Å². The molecular formula is C13H17N5O. The van der Waals surface area contributed by atoms with Crippen LogP contribution < -0.4 is 11.1 Å². The molecule has 2 aromatic rings. The summed E-state index contributed by atoms with van der Waals surface area (Å²) in [7, 11) is 0. The zero-order valence-electron chi connectivity index (χ0n) is 10.6. The maximum atomic E-state index is 12.1. The first kappa shape index (κ1) is 11.8. The molecule has 100 valence electrons. The molecule has 0 bridgehead atoms. The normalized spacial score (nSPS) is 14.5. The number of nitrogens with two attached hydrogens (primary N) is 1. The van der Waals surface area contributed by atoms with E-state index in [4.69, 9.17) is 5.73 Å². The highest BCUT2D eigenvalue weighted by Crippen LogP contribution is 2.37. The van der Waals surface area contributed by atoms with Crippen molar-refractivity contribution in [2.75, 3.05) is 12.3 Å². The van der Waals surface area contributed by atoms with E-state index in [1.54, 1.807) is 18.6 Å². The zero-order valence-corrected chi connectivity index (χ0v) is 10.6. The molecule has 4 N–H and O–H groups in total. The Labute approximate surface area is 111 Å². The molecule has 6 nitrogen and oxygen atoms in total. The van der Waals surface area contributed by atoms with Crippen LogP contribution in [0.25, 0.3) is 0 Å². The van der Waals surface area contributed by atoms with Gasteiger partial charge in [0, 0.05) is 37.1 Å². The number of nitrogen functional groups attached to an aromatic ring is 1. The lowest BCUT2D eigenvalue weighted by atomic mass is 10.3. The average Bonchev–Trinajstić information content (AvgIpc) is 2.96. The van der Waals surface area contributed by atoms with Gasteiger partial charge in [0.15, 0.2) is 0 Å². The van der Waals surface area contributed by atoms with E-state index in [0.717, 1.165) is 25.0 Å². The molecule has 0 saturated heterocycles. The first-order valence-corrected chi connectivity index (χ1v) is 6.47. The van der Waals surface area contributed by atoms with Gasteiger partial charge in [0.2, 0.25) is 0 Å². The summed E-state index contributed by atoms with van der Waals surface area (Å²) < 4.78 is 1.99. The van der Waals surface area contributed by atoms with E-state index < -0.39 is 0 Å². The number of H-pyrrole nitrogens is 1. The van der Waals surface area contributed by atoms with Crippen LogP contribution in [0.1, 0.15) is 35.1 Å². The number of imidazole rings is 1. The molecule has 1 fully saturated rings. The van der Waals surface area contributed by atoms with Gasteiger partial charge in [-0.2, -0.15) is 0 Å². The minimum atomic E-state index is -0.0666. The van der Waals surface area contributed by atoms with Gasteiger partial charge in [-0.15, -0.1) is 0 Å². The summed E-state index contributed by atoms with van der Waals surface area (Å²) in [6.45, 7) is 0.580. The highest BCUT2D eigenvalue weighted by molar-refractivity contribution is 5.93. The molecule has 0 radical (unpaired) electrons. The number of amides is 1. The lowest BCUT2D eigenvalue weighted by Crippen LogP contribution is -2.27. The summed E-state index contributed by atoms with van der Waals surface area (Å²) in [5, 5.41) is 2.91. The summed E-state index contributed by atoms with van der Waals surface area (Å²) in [6.07, 6.45) is 8.24. The Kier molecular flexibility index (Phi) is 2.98. The minimum absolute atomic E-state index is 0.0666. The standard InChI is InChI=1S/C13H17N5O/c14-9-5-12(18(7-9)11-1-2-11)13(19)16-4-3-10-6-15-8-17-10/h5-8,11H,1-4,14H2,(H,15,17)(H,16,19). The van der Waals surface area contributed by atoms with Crippen molar-refractivity contribution in [3.63, 3.8) is 0 Å². The molecule has 1 aliphatic rings. The van der Waals surface area contributed by atoms with E-state index in [9.17, 15) is 4.79 Å². The van der Waals surface area contributed by atoms with Crippen LogP contribution in [0.5, 0.6) is 0 Å². The van der Waals surface area contributed by atoms with Gasteiger partial charge in [0.1, 0.15) is 5.69 Å². The van der Waals surface area contributed by atoms with Gasteiger partial charge in [-0.1, -0.05) is 0 Å². The van der Waals surface area contributed by atoms with Gasteiger partial charge in [0.25, 0.3) is 5.91 Å². The van der Waals surface area contributed by atoms with Gasteiger partial charge in [-0.05, 0) is 18.9 Å². The van der Waals surface area contributed by atoms with E-state index in [1.807, 2.05) is 10.8 Å². The topological polar surface area (TPSA) is 88.7 Å². The number of anilines is 1. The third-order valence-corrected chi connectivity index (χ3v) is 3.28. The number of nitrogens with zero attached hydrogens (tertiary/aromatic N) is 2. The Hall–Kier alpha value is -2.24. The van der Waals surface area contributed by atoms with Crippen LogP contribution in [0.3, 0.4) is 0 Å². The predicted octanol–water partition coefficient (Wildman–Crippen LogP) is 1.10. The van der Waals surface area contributed by atoms with Crippen molar-refractivity contribution in [1.29, 1.82) is 0 Å². The monoisotopic (exact) mass is 259 g/mol. The van der Waals surface area contributed by atoms with Gasteiger partial charge in [0.05, 0.1) is 12.0 Å². The summed E-state index contributed by atoms with van der Waals surface area (Å²) >= 11 is 0. The van der Waals surface area contributed by atoms with Crippen LogP contribution in [0.2, 0.25) is 0 Å². The molecule has 0 aromatic carbocycles. The van der Waals surface area contributed by atoms with Crippen LogP contribution in [0, 0.1) is 0 Å². The summed E-state index contributed by atoms with van der Waals surface area (Å²) in [6, 6.07) is 2.19. The highest BCUT2D eigenvalue weighted by Gasteiger charge is 2.27. The molecule has 1 aliphatic carbocycles. The molecule has 19 heavy (non-hydrogen) atoms. The summed E-state index contributed by atoms with van der Waals surface area (Å²) in [5.41, 5.74) is 8.09. The molecule has 6 heteroatoms. The third-order valence-electron chi connectivity index (χ3n) is 3.28. The molecule has 0 aliphatic heterocycles. The van der Waals surface area contributed by atoms with Gasteiger partial charge in [-0.25, -0.2) is 4.98 Å². The van der Waals surface area contributed by atoms with Crippen LogP contribution in [0.15, 0.2) is 24.8 Å². The van der Waals surface area contributed by atoms with E-state index in [0.29, 0.717) is 24.0 Å². The van der Waals surface area contributed by atoms with Crippen molar-refractivity contribution < 1.29 is 4.79 Å². The second kappa shape index (κ2) is 4.79. The van der Waals surface area contributed by atoms with Crippen LogP contribution in [-0.2, 0) is 6.42 Å². The summed E-state index contributed by atoms with van der Waals surface area (Å²) in [4.78, 5) is 19.1. The van der Waals surface area contributed by atoms with Crippen molar-refractivity contribution in [3.05, 3.63) is 36.2 Å². The molecule has 2 aromatic heterocycles. The smallest absolute Gasteiger partial charge is 0.268 e. The zero-order chi connectivity index (χ0) is 13.2. The van der Waals surface area contributed by atoms with E-state index in [-0.39, 0.29) is 5.91 Å². The quantitative estimate of drug-likeness (QED) is 0.751. The first-order chi connectivity index (χ1) is 9.24. The number of hydrogen-bond donors (Lipinski definition) is 3. The maximum Gasteiger partial charge on any atom is 0.268 e. The van der Waals surface area contributed by atoms with Crippen molar-refractivity contribution >= 4 is 11.6 Å². The number of rotatable bonds is 5. The fraction of sp³-hybridized carbons (Fsp3) is 0.385. The first-order valence-electron chi connectivity index (χ1n) is 6.47. The number of carbonyl (C=O) groups is 1. The lowest BCUT2D eigenvalue weighted by Gasteiger charge is -2.08. The van der Waals surface area contributed by atoms with E-state index >= 15 is 0 Å². The average molecular weight is 259 g/mol. The highest BCUT2D eigenvalue weighted by atomic mass is 16.1. The van der Waals surface area contributed by atoms with Gasteiger partial charge < -0.3 is 20.6 Å². The molecular weight excluding hydrogens is 242 g/mol. The summed E-state index contributed by atoms with van der Waals surface area (Å²) in [5.74, 6) is -0.0666. The second-order valence-corrected chi connectivity index (χ2v) is 4.88. The SMILES string of the molecule is Nc1cc(C(=O)NCCc2cnc[nH]2)n(C2CC2)c1. The second-order valence-electron chi connectivity index (χ2n) is 4.88. The Bertz CT molecular complexity index is 568. The van der Waals surface area contributed by atoms with Crippen LogP contribution in [0.4, 0.5) is 5.69 Å². The molecule has 0 spiro atoms. The largest absolute Gasteiger partial charge is 0.397 e. The Morgan fingerprint density at radius 2 is 2.42 bits per heavy atom. The number of carbonyl (C=O) groups excluding carboxylic acids is 1. The fourth-order valence-electron chi connectivity index (χ4n) is 2.16. The van der Waals surface area contributed by atoms with Crippen molar-refractivity contribution in [2.24, 2.45) is 0 Å². The Balaban J connectivity index is 1.60. The molecule has 1 saturated carbocycles. The number of hydrogen-bond acceptors (Lipinski definition) is 3. The van der Waals surface area contributed by atoms with Crippen LogP contribution in [-0.4, -0.2) is 27.0 Å². The van der Waals surface area contributed by atoms with Crippen molar-refractivity contribution in [2.45, 2.75) is 25.3 Å². The van der Waals surface area contributed by atoms with Crippen LogP contribution >= 0.6 is 0 Å². The van der Waals surface area contributed by atoms with E-state index in [1.165, 1.54) is 0 Å². The predicted molar refractivity (Wildman–Crippen MR) is 71.7 cm³/mol. The molecule has 0 atom stereocenters. The Morgan fingerprint density at radius 3 is 3.11 bits per heavy atom. The molecule has 0 unspecified atom stereocenters. The number of aromatic nitrogens is 3. The number of nitrogens with one attached hydrogen (secondary N) is 2. The van der Waals surface area contributed by atoms with Crippen molar-refractivity contribution in [3.8, 4) is 0 Å². The minimum Gasteiger partial charge on any atom is -0.397 e. The van der Waals surface area contributed by atoms with E-state index in [2.05, 4.69) is 15.3 Å². The lowest BCUT2D eigenvalue weighted by molar-refractivity contribution is 0.0944. The Morgan fingerprint density at radius 1 is 1.58 bits per heavy atom. The fourth-order valence-corrected chi connectivity index (χ4v) is 2.16. The maximum absolute atomic E-state index is 12.1. The number of aromatic amines is 1. The molecule has 1 amide bonds. The van der Waals surface area contributed by atoms with Crippen molar-refractivity contribution in [1.82, 2.24) is 19.9 Å². The molecule has 3 rings (SSSR count).